The number of likely N-dealkylation sites (tertiary alicyclic amines) is 1. The fraction of sp³-hybridized carbons (Fsp3) is 0.929. The third kappa shape index (κ3) is 3.21. The van der Waals surface area contributed by atoms with E-state index in [1.54, 1.807) is 0 Å². The molecule has 0 aromatic carbocycles. The highest BCUT2D eigenvalue weighted by molar-refractivity contribution is 5.79. The van der Waals surface area contributed by atoms with E-state index in [1.807, 2.05) is 0 Å². The van der Waals surface area contributed by atoms with Crippen LogP contribution in [0.4, 0.5) is 0 Å². The Hall–Kier alpha value is -0.570. The van der Waals surface area contributed by atoms with Gasteiger partial charge in [-0.05, 0) is 38.5 Å². The average molecular weight is 239 g/mol. The maximum Gasteiger partial charge on any atom is 0.225 e. The molecule has 1 heterocycles. The highest BCUT2D eigenvalue weighted by Gasteiger charge is 2.32. The zero-order valence-electron chi connectivity index (χ0n) is 10.7. The normalized spacial score (nSPS) is 26.4. The van der Waals surface area contributed by atoms with Crippen LogP contribution in [0.15, 0.2) is 0 Å². The van der Waals surface area contributed by atoms with Crippen LogP contribution in [-0.4, -0.2) is 35.1 Å². The van der Waals surface area contributed by atoms with Crippen LogP contribution in [0.25, 0.3) is 0 Å². The Morgan fingerprint density at radius 1 is 1.12 bits per heavy atom. The van der Waals surface area contributed by atoms with Crippen molar-refractivity contribution in [2.75, 3.05) is 13.2 Å². The van der Waals surface area contributed by atoms with Gasteiger partial charge in [-0.1, -0.05) is 19.3 Å². The molecule has 3 heteroatoms. The molecule has 0 aromatic heterocycles. The van der Waals surface area contributed by atoms with Crippen molar-refractivity contribution >= 4 is 5.91 Å². The first-order valence-electron chi connectivity index (χ1n) is 7.24. The van der Waals surface area contributed by atoms with Gasteiger partial charge in [0.25, 0.3) is 0 Å². The topological polar surface area (TPSA) is 40.5 Å². The third-order valence-electron chi connectivity index (χ3n) is 4.31. The maximum absolute atomic E-state index is 12.4. The zero-order valence-corrected chi connectivity index (χ0v) is 10.7. The van der Waals surface area contributed by atoms with Crippen molar-refractivity contribution in [1.82, 2.24) is 4.90 Å². The average Bonchev–Trinajstić information content (AvgIpc) is 2.84. The summed E-state index contributed by atoms with van der Waals surface area (Å²) in [7, 11) is 0. The van der Waals surface area contributed by atoms with Crippen LogP contribution in [0.5, 0.6) is 0 Å². The molecule has 98 valence electrons. The van der Waals surface area contributed by atoms with Crippen molar-refractivity contribution in [3.05, 3.63) is 0 Å². The Bertz CT molecular complexity index is 249. The highest BCUT2D eigenvalue weighted by atomic mass is 16.3. The molecule has 1 saturated carbocycles. The SMILES string of the molecule is O=C(C1CCCCC1)N1CCCC1CCCO. The van der Waals surface area contributed by atoms with Crippen LogP contribution < -0.4 is 0 Å². The third-order valence-corrected chi connectivity index (χ3v) is 4.31. The summed E-state index contributed by atoms with van der Waals surface area (Å²) in [5, 5.41) is 8.90. The molecule has 17 heavy (non-hydrogen) atoms. The van der Waals surface area contributed by atoms with Crippen LogP contribution in [0.1, 0.15) is 57.8 Å². The van der Waals surface area contributed by atoms with Gasteiger partial charge in [-0.25, -0.2) is 0 Å². The minimum absolute atomic E-state index is 0.252. The quantitative estimate of drug-likeness (QED) is 0.818. The fourth-order valence-electron chi connectivity index (χ4n) is 3.34. The predicted octanol–water partition coefficient (Wildman–Crippen LogP) is 2.33. The second-order valence-electron chi connectivity index (χ2n) is 5.53. The van der Waals surface area contributed by atoms with E-state index in [2.05, 4.69) is 4.90 Å². The van der Waals surface area contributed by atoms with Crippen LogP contribution in [0.3, 0.4) is 0 Å². The van der Waals surface area contributed by atoms with Gasteiger partial charge in [0.05, 0.1) is 0 Å². The summed E-state index contributed by atoms with van der Waals surface area (Å²) in [4.78, 5) is 14.6. The lowest BCUT2D eigenvalue weighted by Gasteiger charge is -2.30. The molecule has 0 radical (unpaired) electrons. The lowest BCUT2D eigenvalue weighted by atomic mass is 9.88. The molecule has 1 aliphatic carbocycles. The van der Waals surface area contributed by atoms with Crippen molar-refractivity contribution in [2.45, 2.75) is 63.8 Å². The first-order valence-corrected chi connectivity index (χ1v) is 7.24. The summed E-state index contributed by atoms with van der Waals surface area (Å²) in [6.07, 6.45) is 10.1. The number of rotatable bonds is 4. The summed E-state index contributed by atoms with van der Waals surface area (Å²) < 4.78 is 0. The molecular formula is C14H25NO2. The molecule has 1 aliphatic heterocycles. The zero-order chi connectivity index (χ0) is 12.1. The van der Waals surface area contributed by atoms with Gasteiger partial charge in [0, 0.05) is 25.1 Å². The number of hydrogen-bond acceptors (Lipinski definition) is 2. The lowest BCUT2D eigenvalue weighted by molar-refractivity contribution is -0.137. The maximum atomic E-state index is 12.4. The predicted molar refractivity (Wildman–Crippen MR) is 67.6 cm³/mol. The second-order valence-corrected chi connectivity index (χ2v) is 5.53. The molecule has 1 unspecified atom stereocenters. The summed E-state index contributed by atoms with van der Waals surface area (Å²) in [5.41, 5.74) is 0. The standard InChI is InChI=1S/C14H25NO2/c16-11-5-9-13-8-4-10-15(13)14(17)12-6-2-1-3-7-12/h12-13,16H,1-11H2. The van der Waals surface area contributed by atoms with E-state index in [9.17, 15) is 4.79 Å². The Kier molecular flexibility index (Phi) is 4.84. The second kappa shape index (κ2) is 6.39. The van der Waals surface area contributed by atoms with Gasteiger partial charge in [-0.15, -0.1) is 0 Å². The van der Waals surface area contributed by atoms with E-state index in [0.717, 1.165) is 45.1 Å². The molecule has 1 atom stereocenters. The van der Waals surface area contributed by atoms with Gasteiger partial charge in [-0.3, -0.25) is 4.79 Å². The lowest BCUT2D eigenvalue weighted by Crippen LogP contribution is -2.40. The van der Waals surface area contributed by atoms with Crippen LogP contribution >= 0.6 is 0 Å². The molecule has 0 spiro atoms. The van der Waals surface area contributed by atoms with Crippen molar-refractivity contribution in [1.29, 1.82) is 0 Å². The number of nitrogens with zero attached hydrogens (tertiary/aromatic N) is 1. The van der Waals surface area contributed by atoms with E-state index in [4.69, 9.17) is 5.11 Å². The Morgan fingerprint density at radius 3 is 2.59 bits per heavy atom. The minimum Gasteiger partial charge on any atom is -0.396 e. The van der Waals surface area contributed by atoms with Gasteiger partial charge >= 0.3 is 0 Å². The smallest absolute Gasteiger partial charge is 0.225 e. The summed E-state index contributed by atoms with van der Waals surface area (Å²) in [6, 6.07) is 0.413. The van der Waals surface area contributed by atoms with E-state index in [-0.39, 0.29) is 6.61 Å². The van der Waals surface area contributed by atoms with Crippen molar-refractivity contribution < 1.29 is 9.90 Å². The Balaban J connectivity index is 1.88. The highest BCUT2D eigenvalue weighted by Crippen LogP contribution is 2.29. The molecule has 2 rings (SSSR count). The van der Waals surface area contributed by atoms with E-state index >= 15 is 0 Å². The molecule has 0 aromatic rings. The van der Waals surface area contributed by atoms with Gasteiger partial charge in [0.15, 0.2) is 0 Å². The molecule has 1 amide bonds. The van der Waals surface area contributed by atoms with Crippen LogP contribution in [-0.2, 0) is 4.79 Å². The molecular weight excluding hydrogens is 214 g/mol. The minimum atomic E-state index is 0.252. The molecule has 0 bridgehead atoms. The number of carbonyl (C=O) groups is 1. The number of hydrogen-bond donors (Lipinski definition) is 1. The number of aliphatic hydroxyl groups is 1. The molecule has 3 nitrogen and oxygen atoms in total. The van der Waals surface area contributed by atoms with Gasteiger partial charge < -0.3 is 10.0 Å². The van der Waals surface area contributed by atoms with E-state index in [1.165, 1.54) is 19.3 Å². The molecule has 1 N–H and O–H groups in total. The number of amides is 1. The number of aliphatic hydroxyl groups excluding tert-OH is 1. The fourth-order valence-corrected chi connectivity index (χ4v) is 3.34. The molecule has 2 aliphatic rings. The van der Waals surface area contributed by atoms with Gasteiger partial charge in [0.1, 0.15) is 0 Å². The van der Waals surface area contributed by atoms with Crippen molar-refractivity contribution in [3.8, 4) is 0 Å². The summed E-state index contributed by atoms with van der Waals surface area (Å²) >= 11 is 0. The number of carbonyl (C=O) groups excluding carboxylic acids is 1. The largest absolute Gasteiger partial charge is 0.396 e. The van der Waals surface area contributed by atoms with E-state index < -0.39 is 0 Å². The summed E-state index contributed by atoms with van der Waals surface area (Å²) in [5.74, 6) is 0.712. The van der Waals surface area contributed by atoms with Gasteiger partial charge in [0.2, 0.25) is 5.91 Å². The van der Waals surface area contributed by atoms with E-state index in [0.29, 0.717) is 17.9 Å². The van der Waals surface area contributed by atoms with Crippen molar-refractivity contribution in [2.24, 2.45) is 5.92 Å². The van der Waals surface area contributed by atoms with Crippen molar-refractivity contribution in [3.63, 3.8) is 0 Å². The molecule has 1 saturated heterocycles. The van der Waals surface area contributed by atoms with Crippen LogP contribution in [0.2, 0.25) is 0 Å². The van der Waals surface area contributed by atoms with Crippen LogP contribution in [0, 0.1) is 5.92 Å². The first kappa shape index (κ1) is 12.9. The monoisotopic (exact) mass is 239 g/mol. The first-order chi connectivity index (χ1) is 8.33. The molecule has 2 fully saturated rings. The van der Waals surface area contributed by atoms with Gasteiger partial charge in [-0.2, -0.15) is 0 Å². The Labute approximate surface area is 104 Å². The summed E-state index contributed by atoms with van der Waals surface area (Å²) in [6.45, 7) is 1.20. The Morgan fingerprint density at radius 2 is 1.88 bits per heavy atom.